The highest BCUT2D eigenvalue weighted by atomic mass is 16.3. The molecule has 3 heteroatoms. The number of benzene rings is 3. The molecule has 1 fully saturated rings. The first-order valence-corrected chi connectivity index (χ1v) is 10.1. The first-order valence-electron chi connectivity index (χ1n) is 10.1. The highest BCUT2D eigenvalue weighted by Gasteiger charge is 2.41. The van der Waals surface area contributed by atoms with Gasteiger partial charge in [0.25, 0.3) is 0 Å². The van der Waals surface area contributed by atoms with Crippen LogP contribution >= 0.6 is 0 Å². The van der Waals surface area contributed by atoms with Gasteiger partial charge in [0.15, 0.2) is 0 Å². The van der Waals surface area contributed by atoms with Crippen LogP contribution in [-0.2, 0) is 12.1 Å². The molecule has 4 rings (SSSR count). The summed E-state index contributed by atoms with van der Waals surface area (Å²) in [5.41, 5.74) is 8.91. The van der Waals surface area contributed by atoms with Crippen LogP contribution in [-0.4, -0.2) is 23.1 Å². The zero-order valence-electron chi connectivity index (χ0n) is 16.2. The third-order valence-electron chi connectivity index (χ3n) is 5.99. The standard InChI is InChI=1S/C25H28N2O/c26-24-13-11-20(12-14-24)19-27-17-15-23(16-18-27)25(28,21-7-3-1-4-8-21)22-9-5-2-6-10-22/h1-14,23,28H,15-19,26H2. The van der Waals surface area contributed by atoms with Crippen molar-refractivity contribution >= 4 is 5.69 Å². The molecule has 0 aliphatic carbocycles. The molecular formula is C25H28N2O. The highest BCUT2D eigenvalue weighted by molar-refractivity contribution is 5.39. The zero-order valence-corrected chi connectivity index (χ0v) is 16.2. The van der Waals surface area contributed by atoms with Gasteiger partial charge in [0, 0.05) is 12.2 Å². The number of aliphatic hydroxyl groups is 1. The molecule has 0 radical (unpaired) electrons. The van der Waals surface area contributed by atoms with E-state index >= 15 is 0 Å². The van der Waals surface area contributed by atoms with Gasteiger partial charge in [-0.2, -0.15) is 0 Å². The van der Waals surface area contributed by atoms with Crippen molar-refractivity contribution in [2.24, 2.45) is 5.92 Å². The SMILES string of the molecule is Nc1ccc(CN2CCC(C(O)(c3ccccc3)c3ccccc3)CC2)cc1. The van der Waals surface area contributed by atoms with Gasteiger partial charge in [0.2, 0.25) is 0 Å². The van der Waals surface area contributed by atoms with Crippen LogP contribution in [0, 0.1) is 5.92 Å². The Labute approximate surface area is 167 Å². The van der Waals surface area contributed by atoms with Crippen LogP contribution < -0.4 is 5.73 Å². The quantitative estimate of drug-likeness (QED) is 0.652. The van der Waals surface area contributed by atoms with Crippen LogP contribution in [0.5, 0.6) is 0 Å². The van der Waals surface area contributed by atoms with E-state index < -0.39 is 5.60 Å². The Bertz CT molecular complexity index is 830. The number of anilines is 1. The Morgan fingerprint density at radius 3 is 1.79 bits per heavy atom. The average Bonchev–Trinajstić information content (AvgIpc) is 2.76. The summed E-state index contributed by atoms with van der Waals surface area (Å²) in [7, 11) is 0. The third kappa shape index (κ3) is 3.82. The summed E-state index contributed by atoms with van der Waals surface area (Å²) in [5, 5.41) is 12.0. The molecule has 1 aliphatic rings. The fourth-order valence-electron chi connectivity index (χ4n) is 4.41. The summed E-state index contributed by atoms with van der Waals surface area (Å²) in [6.45, 7) is 2.90. The van der Waals surface area contributed by atoms with Crippen LogP contribution in [0.4, 0.5) is 5.69 Å². The van der Waals surface area contributed by atoms with E-state index in [0.717, 1.165) is 49.3 Å². The summed E-state index contributed by atoms with van der Waals surface area (Å²) in [4.78, 5) is 2.47. The lowest BCUT2D eigenvalue weighted by molar-refractivity contribution is -0.0152. The van der Waals surface area contributed by atoms with Crippen LogP contribution in [0.25, 0.3) is 0 Å². The molecule has 0 amide bonds. The van der Waals surface area contributed by atoms with Crippen LogP contribution in [0.15, 0.2) is 84.9 Å². The second kappa shape index (κ2) is 8.17. The first-order chi connectivity index (χ1) is 13.7. The minimum Gasteiger partial charge on any atom is -0.399 e. The average molecular weight is 373 g/mol. The van der Waals surface area contributed by atoms with E-state index in [9.17, 15) is 5.11 Å². The van der Waals surface area contributed by atoms with E-state index in [1.54, 1.807) is 0 Å². The van der Waals surface area contributed by atoms with Gasteiger partial charge in [0.1, 0.15) is 5.60 Å². The van der Waals surface area contributed by atoms with E-state index in [1.165, 1.54) is 5.56 Å². The fourth-order valence-corrected chi connectivity index (χ4v) is 4.41. The Morgan fingerprint density at radius 2 is 1.29 bits per heavy atom. The summed E-state index contributed by atoms with van der Waals surface area (Å²) in [5.74, 6) is 0.194. The molecule has 0 atom stereocenters. The normalized spacial score (nSPS) is 16.2. The van der Waals surface area contributed by atoms with Crippen LogP contribution in [0.1, 0.15) is 29.5 Å². The molecule has 0 saturated carbocycles. The lowest BCUT2D eigenvalue weighted by atomic mass is 9.72. The summed E-state index contributed by atoms with van der Waals surface area (Å²) < 4.78 is 0. The second-order valence-corrected chi connectivity index (χ2v) is 7.79. The molecule has 0 spiro atoms. The van der Waals surface area contributed by atoms with Gasteiger partial charge in [-0.1, -0.05) is 72.8 Å². The maximum atomic E-state index is 12.0. The van der Waals surface area contributed by atoms with Gasteiger partial charge in [-0.3, -0.25) is 4.90 Å². The lowest BCUT2D eigenvalue weighted by Gasteiger charge is -2.42. The maximum absolute atomic E-state index is 12.0. The topological polar surface area (TPSA) is 49.5 Å². The number of piperidine rings is 1. The van der Waals surface area contributed by atoms with Crippen LogP contribution in [0.2, 0.25) is 0 Å². The Morgan fingerprint density at radius 1 is 0.786 bits per heavy atom. The van der Waals surface area contributed by atoms with Crippen molar-refractivity contribution < 1.29 is 5.11 Å². The largest absolute Gasteiger partial charge is 0.399 e. The number of nitrogens with zero attached hydrogens (tertiary/aromatic N) is 1. The molecule has 144 valence electrons. The van der Waals surface area contributed by atoms with Crippen molar-refractivity contribution in [1.29, 1.82) is 0 Å². The van der Waals surface area contributed by atoms with Crippen molar-refractivity contribution in [3.05, 3.63) is 102 Å². The number of rotatable bonds is 5. The summed E-state index contributed by atoms with van der Waals surface area (Å²) in [6, 6.07) is 28.4. The highest BCUT2D eigenvalue weighted by Crippen LogP contribution is 2.42. The minimum atomic E-state index is -0.949. The smallest absolute Gasteiger partial charge is 0.117 e. The molecule has 0 aromatic heterocycles. The minimum absolute atomic E-state index is 0.194. The Balaban J connectivity index is 1.52. The molecule has 1 saturated heterocycles. The molecule has 3 nitrogen and oxygen atoms in total. The summed E-state index contributed by atoms with van der Waals surface area (Å²) in [6.07, 6.45) is 1.94. The predicted molar refractivity (Wildman–Crippen MR) is 115 cm³/mol. The monoisotopic (exact) mass is 372 g/mol. The van der Waals surface area contributed by atoms with Crippen molar-refractivity contribution in [3.8, 4) is 0 Å². The van der Waals surface area contributed by atoms with E-state index in [2.05, 4.69) is 17.0 Å². The van der Waals surface area contributed by atoms with Crippen molar-refractivity contribution in [2.75, 3.05) is 18.8 Å². The van der Waals surface area contributed by atoms with E-state index in [4.69, 9.17) is 5.73 Å². The summed E-state index contributed by atoms with van der Waals surface area (Å²) >= 11 is 0. The van der Waals surface area contributed by atoms with E-state index in [1.807, 2.05) is 72.8 Å². The number of nitrogens with two attached hydrogens (primary N) is 1. The number of likely N-dealkylation sites (tertiary alicyclic amines) is 1. The molecular weight excluding hydrogens is 344 g/mol. The molecule has 1 aliphatic heterocycles. The molecule has 3 N–H and O–H groups in total. The second-order valence-electron chi connectivity index (χ2n) is 7.79. The Hall–Kier alpha value is -2.62. The Kier molecular flexibility index (Phi) is 5.47. The van der Waals surface area contributed by atoms with Gasteiger partial charge in [-0.15, -0.1) is 0 Å². The molecule has 0 unspecified atom stereocenters. The van der Waals surface area contributed by atoms with E-state index in [0.29, 0.717) is 0 Å². The maximum Gasteiger partial charge on any atom is 0.117 e. The molecule has 28 heavy (non-hydrogen) atoms. The van der Waals surface area contributed by atoms with Crippen LogP contribution in [0.3, 0.4) is 0 Å². The lowest BCUT2D eigenvalue weighted by Crippen LogP contribution is -2.44. The fraction of sp³-hybridized carbons (Fsp3) is 0.280. The zero-order chi connectivity index (χ0) is 19.4. The van der Waals surface area contributed by atoms with Gasteiger partial charge in [0.05, 0.1) is 0 Å². The van der Waals surface area contributed by atoms with Gasteiger partial charge >= 0.3 is 0 Å². The molecule has 3 aromatic rings. The van der Waals surface area contributed by atoms with Crippen molar-refractivity contribution in [2.45, 2.75) is 25.0 Å². The van der Waals surface area contributed by atoms with Gasteiger partial charge in [-0.25, -0.2) is 0 Å². The molecule has 3 aromatic carbocycles. The first kappa shape index (κ1) is 18.7. The third-order valence-corrected chi connectivity index (χ3v) is 5.99. The number of hydrogen-bond acceptors (Lipinski definition) is 3. The predicted octanol–water partition coefficient (Wildman–Crippen LogP) is 4.42. The van der Waals surface area contributed by atoms with Crippen molar-refractivity contribution in [3.63, 3.8) is 0 Å². The van der Waals surface area contributed by atoms with Gasteiger partial charge in [-0.05, 0) is 60.7 Å². The van der Waals surface area contributed by atoms with Gasteiger partial charge < -0.3 is 10.8 Å². The van der Waals surface area contributed by atoms with Crippen molar-refractivity contribution in [1.82, 2.24) is 4.90 Å². The number of hydrogen-bond donors (Lipinski definition) is 2. The number of nitrogen functional groups attached to an aromatic ring is 1. The molecule has 0 bridgehead atoms. The molecule has 1 heterocycles. The van der Waals surface area contributed by atoms with E-state index in [-0.39, 0.29) is 5.92 Å².